The molecule has 0 bridgehead atoms. The Hall–Kier alpha value is -0.650. The van der Waals surface area contributed by atoms with Crippen molar-refractivity contribution in [3.63, 3.8) is 0 Å². The van der Waals surface area contributed by atoms with E-state index in [-0.39, 0.29) is 6.42 Å². The number of hydrogen-bond donors (Lipinski definition) is 3. The molecule has 0 rings (SSSR count). The molecule has 0 aliphatic heterocycles. The third kappa shape index (κ3) is 15.3. The van der Waals surface area contributed by atoms with Crippen LogP contribution < -0.4 is 0 Å². The smallest absolute Gasteiger partial charge is 0.351 e. The average Bonchev–Trinajstić information content (AvgIpc) is 2.54. The zero-order valence-electron chi connectivity index (χ0n) is 16.3. The Morgan fingerprint density at radius 2 is 1.16 bits per heavy atom. The summed E-state index contributed by atoms with van der Waals surface area (Å²) in [5.41, 5.74) is 0. The topological polar surface area (TPSA) is 87.0 Å². The maximum absolute atomic E-state index is 11.4. The standard InChI is InChI=1S/C20H40O5/c1-3-4-5-6-7-8-9-10-11-12-13-14-15-16-17-19(22)25-20(23,24)18(2)21/h18,21,23-24H,3-17H2,1-2H3. The average molecular weight is 361 g/mol. The predicted molar refractivity (Wildman–Crippen MR) is 99.9 cm³/mol. The Balaban J connectivity index is 3.30. The number of carbonyl (C=O) groups is 1. The summed E-state index contributed by atoms with van der Waals surface area (Å²) in [6.07, 6.45) is 15.9. The first-order chi connectivity index (χ1) is 11.9. The lowest BCUT2D eigenvalue weighted by atomic mass is 10.0. The number of aliphatic hydroxyl groups is 3. The molecular formula is C20H40O5. The van der Waals surface area contributed by atoms with Gasteiger partial charge in [0.25, 0.3) is 0 Å². The van der Waals surface area contributed by atoms with Crippen molar-refractivity contribution < 1.29 is 24.9 Å². The second-order valence-electron chi connectivity index (χ2n) is 7.15. The van der Waals surface area contributed by atoms with Crippen molar-refractivity contribution in [2.24, 2.45) is 0 Å². The number of aliphatic hydroxyl groups excluding tert-OH is 1. The molecule has 0 heterocycles. The molecule has 5 nitrogen and oxygen atoms in total. The SMILES string of the molecule is CCCCCCCCCCCCCCCCC(=O)OC(O)(O)C(C)O. The Morgan fingerprint density at radius 1 is 0.800 bits per heavy atom. The normalized spacial score (nSPS) is 13.0. The van der Waals surface area contributed by atoms with Crippen LogP contribution in [0.5, 0.6) is 0 Å². The molecule has 0 aromatic rings. The number of rotatable bonds is 17. The molecule has 25 heavy (non-hydrogen) atoms. The van der Waals surface area contributed by atoms with Gasteiger partial charge in [-0.15, -0.1) is 0 Å². The van der Waals surface area contributed by atoms with Crippen LogP contribution in [0.4, 0.5) is 0 Å². The molecule has 5 heteroatoms. The van der Waals surface area contributed by atoms with E-state index in [9.17, 15) is 15.0 Å². The predicted octanol–water partition coefficient (Wildman–Crippen LogP) is 4.42. The maximum Gasteiger partial charge on any atom is 0.351 e. The van der Waals surface area contributed by atoms with Crippen LogP contribution in [-0.2, 0) is 9.53 Å². The highest BCUT2D eigenvalue weighted by Gasteiger charge is 2.34. The fraction of sp³-hybridized carbons (Fsp3) is 0.950. The van der Waals surface area contributed by atoms with Crippen molar-refractivity contribution in [2.45, 2.75) is 122 Å². The van der Waals surface area contributed by atoms with Gasteiger partial charge in [0.1, 0.15) is 6.10 Å². The lowest BCUT2D eigenvalue weighted by Gasteiger charge is -2.23. The van der Waals surface area contributed by atoms with Crippen molar-refractivity contribution >= 4 is 5.97 Å². The summed E-state index contributed by atoms with van der Waals surface area (Å²) in [5.74, 6) is -3.47. The summed E-state index contributed by atoms with van der Waals surface area (Å²) >= 11 is 0. The van der Waals surface area contributed by atoms with Crippen molar-refractivity contribution in [3.05, 3.63) is 0 Å². The first kappa shape index (κ1) is 24.4. The van der Waals surface area contributed by atoms with Crippen LogP contribution >= 0.6 is 0 Å². The minimum absolute atomic E-state index is 0.146. The molecule has 0 spiro atoms. The number of esters is 1. The summed E-state index contributed by atoms with van der Waals surface area (Å²) in [7, 11) is 0. The molecule has 0 radical (unpaired) electrons. The van der Waals surface area contributed by atoms with Crippen molar-refractivity contribution in [1.29, 1.82) is 0 Å². The van der Waals surface area contributed by atoms with Crippen LogP contribution in [0, 0.1) is 0 Å². The van der Waals surface area contributed by atoms with Gasteiger partial charge in [0.15, 0.2) is 0 Å². The Bertz CT molecular complexity index is 315. The number of carbonyl (C=O) groups excluding carboxylic acids is 1. The lowest BCUT2D eigenvalue weighted by Crippen LogP contribution is -2.44. The minimum Gasteiger partial charge on any atom is -0.406 e. The molecule has 0 amide bonds. The summed E-state index contributed by atoms with van der Waals surface area (Å²) in [6.45, 7) is 3.40. The van der Waals surface area contributed by atoms with Crippen molar-refractivity contribution in [2.75, 3.05) is 0 Å². The van der Waals surface area contributed by atoms with E-state index >= 15 is 0 Å². The van der Waals surface area contributed by atoms with Gasteiger partial charge in [0, 0.05) is 6.42 Å². The Morgan fingerprint density at radius 3 is 1.52 bits per heavy atom. The highest BCUT2D eigenvalue weighted by atomic mass is 16.8. The van der Waals surface area contributed by atoms with Crippen LogP contribution in [0.2, 0.25) is 0 Å². The summed E-state index contributed by atoms with van der Waals surface area (Å²) in [5, 5.41) is 27.5. The van der Waals surface area contributed by atoms with Crippen LogP contribution in [0.1, 0.15) is 110 Å². The maximum atomic E-state index is 11.4. The van der Waals surface area contributed by atoms with E-state index in [0.717, 1.165) is 19.8 Å². The summed E-state index contributed by atoms with van der Waals surface area (Å²) < 4.78 is 4.43. The molecule has 1 atom stereocenters. The van der Waals surface area contributed by atoms with E-state index in [2.05, 4.69) is 11.7 Å². The molecule has 0 saturated carbocycles. The Kier molecular flexibility index (Phi) is 15.2. The van der Waals surface area contributed by atoms with E-state index < -0.39 is 18.0 Å². The molecule has 0 saturated heterocycles. The van der Waals surface area contributed by atoms with E-state index in [4.69, 9.17) is 5.11 Å². The zero-order valence-corrected chi connectivity index (χ0v) is 16.3. The molecule has 0 aliphatic carbocycles. The van der Waals surface area contributed by atoms with Gasteiger partial charge in [0.2, 0.25) is 0 Å². The third-order valence-electron chi connectivity index (χ3n) is 4.54. The highest BCUT2D eigenvalue weighted by Crippen LogP contribution is 2.14. The highest BCUT2D eigenvalue weighted by molar-refractivity contribution is 5.69. The van der Waals surface area contributed by atoms with Crippen LogP contribution in [0.3, 0.4) is 0 Å². The van der Waals surface area contributed by atoms with Gasteiger partial charge in [-0.25, -0.2) is 0 Å². The number of hydrogen-bond acceptors (Lipinski definition) is 5. The summed E-state index contributed by atoms with van der Waals surface area (Å²) in [4.78, 5) is 11.4. The van der Waals surface area contributed by atoms with Gasteiger partial charge < -0.3 is 20.1 Å². The van der Waals surface area contributed by atoms with Crippen LogP contribution in [0.15, 0.2) is 0 Å². The Labute approximate surface area is 153 Å². The number of ether oxygens (including phenoxy) is 1. The fourth-order valence-corrected chi connectivity index (χ4v) is 2.77. The molecule has 0 aromatic carbocycles. The van der Waals surface area contributed by atoms with Crippen molar-refractivity contribution in [3.8, 4) is 0 Å². The van der Waals surface area contributed by atoms with E-state index in [1.165, 1.54) is 70.6 Å². The summed E-state index contributed by atoms with van der Waals surface area (Å²) in [6, 6.07) is 0. The van der Waals surface area contributed by atoms with Gasteiger partial charge >= 0.3 is 11.9 Å². The van der Waals surface area contributed by atoms with E-state index in [0.29, 0.717) is 6.42 Å². The van der Waals surface area contributed by atoms with Gasteiger partial charge in [-0.05, 0) is 13.3 Å². The lowest BCUT2D eigenvalue weighted by molar-refractivity contribution is -0.354. The van der Waals surface area contributed by atoms with Crippen molar-refractivity contribution in [1.82, 2.24) is 0 Å². The van der Waals surface area contributed by atoms with Crippen LogP contribution in [0.25, 0.3) is 0 Å². The molecule has 1 unspecified atom stereocenters. The molecule has 3 N–H and O–H groups in total. The minimum atomic E-state index is -2.78. The molecular weight excluding hydrogens is 320 g/mol. The first-order valence-electron chi connectivity index (χ1n) is 10.2. The van der Waals surface area contributed by atoms with E-state index in [1.807, 2.05) is 0 Å². The monoisotopic (exact) mass is 360 g/mol. The van der Waals surface area contributed by atoms with Gasteiger partial charge in [-0.3, -0.25) is 4.79 Å². The van der Waals surface area contributed by atoms with Gasteiger partial charge in [-0.1, -0.05) is 90.4 Å². The zero-order chi connectivity index (χ0) is 19.0. The van der Waals surface area contributed by atoms with Crippen LogP contribution in [-0.4, -0.2) is 33.4 Å². The molecule has 0 aromatic heterocycles. The van der Waals surface area contributed by atoms with E-state index in [1.54, 1.807) is 0 Å². The number of unbranched alkanes of at least 4 members (excludes halogenated alkanes) is 13. The second-order valence-corrected chi connectivity index (χ2v) is 7.15. The molecule has 0 fully saturated rings. The first-order valence-corrected chi connectivity index (χ1v) is 10.2. The molecule has 0 aliphatic rings. The largest absolute Gasteiger partial charge is 0.406 e. The quantitative estimate of drug-likeness (QED) is 0.203. The fourth-order valence-electron chi connectivity index (χ4n) is 2.77. The second kappa shape index (κ2) is 15.6. The third-order valence-corrected chi connectivity index (χ3v) is 4.54. The van der Waals surface area contributed by atoms with Gasteiger partial charge in [-0.2, -0.15) is 0 Å². The molecule has 150 valence electrons. The van der Waals surface area contributed by atoms with Gasteiger partial charge in [0.05, 0.1) is 0 Å².